The van der Waals surface area contributed by atoms with Crippen LogP contribution in [0.1, 0.15) is 10.4 Å². The van der Waals surface area contributed by atoms with E-state index in [4.69, 9.17) is 0 Å². The van der Waals surface area contributed by atoms with E-state index in [1.165, 1.54) is 7.11 Å². The Hall–Kier alpha value is -1.84. The first-order valence-electron chi connectivity index (χ1n) is 4.46. The lowest BCUT2D eigenvalue weighted by Crippen LogP contribution is -2.16. The maximum atomic E-state index is 11.4. The molecule has 0 saturated heterocycles. The zero-order valence-electron chi connectivity index (χ0n) is 8.98. The molecule has 80 valence electrons. The van der Waals surface area contributed by atoms with Crippen molar-refractivity contribution in [2.45, 2.75) is 0 Å². The molecule has 0 atom stereocenters. The van der Waals surface area contributed by atoms with E-state index in [0.717, 1.165) is 5.69 Å². The third-order valence-corrected chi connectivity index (χ3v) is 2.02. The highest BCUT2D eigenvalue weighted by Crippen LogP contribution is 2.12. The van der Waals surface area contributed by atoms with Gasteiger partial charge in [-0.25, -0.2) is 4.79 Å². The molecule has 0 aliphatic carbocycles. The van der Waals surface area contributed by atoms with Gasteiger partial charge in [0.25, 0.3) is 5.78 Å². The van der Waals surface area contributed by atoms with E-state index in [0.29, 0.717) is 5.56 Å². The third-order valence-electron chi connectivity index (χ3n) is 2.02. The molecular weight excluding hydrogens is 194 g/mol. The molecule has 0 saturated carbocycles. The second-order valence-electron chi connectivity index (χ2n) is 3.26. The van der Waals surface area contributed by atoms with Crippen LogP contribution in [0.3, 0.4) is 0 Å². The van der Waals surface area contributed by atoms with E-state index in [9.17, 15) is 9.59 Å². The van der Waals surface area contributed by atoms with Gasteiger partial charge in [0.15, 0.2) is 0 Å². The second-order valence-corrected chi connectivity index (χ2v) is 3.26. The number of esters is 1. The van der Waals surface area contributed by atoms with Gasteiger partial charge >= 0.3 is 5.97 Å². The van der Waals surface area contributed by atoms with Gasteiger partial charge in [-0.3, -0.25) is 4.79 Å². The molecule has 0 amide bonds. The Labute approximate surface area is 88.5 Å². The molecule has 0 aromatic heterocycles. The number of benzene rings is 1. The highest BCUT2D eigenvalue weighted by atomic mass is 16.5. The molecule has 0 radical (unpaired) electrons. The van der Waals surface area contributed by atoms with Gasteiger partial charge in [-0.2, -0.15) is 0 Å². The molecule has 1 aromatic carbocycles. The molecule has 0 spiro atoms. The number of hydrogen-bond acceptors (Lipinski definition) is 4. The summed E-state index contributed by atoms with van der Waals surface area (Å²) in [5.41, 5.74) is 1.31. The van der Waals surface area contributed by atoms with Gasteiger partial charge in [-0.05, 0) is 24.3 Å². The topological polar surface area (TPSA) is 46.6 Å². The maximum absolute atomic E-state index is 11.4. The minimum absolute atomic E-state index is 0.340. The predicted octanol–water partition coefficient (Wildman–Crippen LogP) is 1.11. The SMILES string of the molecule is COC(=O)C(=O)c1ccc(N(C)C)cc1. The number of ketones is 1. The van der Waals surface area contributed by atoms with Crippen molar-refractivity contribution in [2.24, 2.45) is 0 Å². The quantitative estimate of drug-likeness (QED) is 0.423. The van der Waals surface area contributed by atoms with Gasteiger partial charge in [0.2, 0.25) is 0 Å². The molecule has 0 N–H and O–H groups in total. The summed E-state index contributed by atoms with van der Waals surface area (Å²) in [7, 11) is 4.99. The number of carbonyl (C=O) groups excluding carboxylic acids is 2. The number of anilines is 1. The standard InChI is InChI=1S/C11H13NO3/c1-12(2)9-6-4-8(5-7-9)10(13)11(14)15-3/h4-7H,1-3H3. The predicted molar refractivity (Wildman–Crippen MR) is 57.1 cm³/mol. The molecule has 0 aliphatic heterocycles. The van der Waals surface area contributed by atoms with Crippen LogP contribution in [0.2, 0.25) is 0 Å². The first kappa shape index (κ1) is 11.2. The van der Waals surface area contributed by atoms with E-state index in [1.54, 1.807) is 24.3 Å². The number of Topliss-reactive ketones (excluding diaryl/α,β-unsaturated/α-hetero) is 1. The summed E-state index contributed by atoms with van der Waals surface area (Å²) in [6, 6.07) is 6.76. The van der Waals surface area contributed by atoms with Crippen molar-refractivity contribution in [2.75, 3.05) is 26.1 Å². The smallest absolute Gasteiger partial charge is 0.379 e. The van der Waals surface area contributed by atoms with E-state index >= 15 is 0 Å². The number of hydrogen-bond donors (Lipinski definition) is 0. The molecule has 4 heteroatoms. The number of carbonyl (C=O) groups is 2. The average Bonchev–Trinajstić information content (AvgIpc) is 2.27. The zero-order chi connectivity index (χ0) is 11.4. The van der Waals surface area contributed by atoms with Gasteiger partial charge in [0.1, 0.15) is 0 Å². The van der Waals surface area contributed by atoms with Crippen molar-refractivity contribution in [3.05, 3.63) is 29.8 Å². The van der Waals surface area contributed by atoms with Crippen LogP contribution in [-0.4, -0.2) is 33.0 Å². The summed E-state index contributed by atoms with van der Waals surface area (Å²) in [6.07, 6.45) is 0. The molecule has 0 bridgehead atoms. The van der Waals surface area contributed by atoms with E-state index in [1.807, 2.05) is 19.0 Å². The number of methoxy groups -OCH3 is 1. The van der Waals surface area contributed by atoms with Crippen LogP contribution in [0.4, 0.5) is 5.69 Å². The van der Waals surface area contributed by atoms with Crippen molar-refractivity contribution in [1.82, 2.24) is 0 Å². The molecule has 0 fully saturated rings. The van der Waals surface area contributed by atoms with Crippen LogP contribution in [0.5, 0.6) is 0 Å². The van der Waals surface area contributed by atoms with Crippen molar-refractivity contribution >= 4 is 17.4 Å². The first-order chi connectivity index (χ1) is 7.06. The van der Waals surface area contributed by atoms with Crippen LogP contribution in [0.15, 0.2) is 24.3 Å². The molecule has 1 rings (SSSR count). The molecule has 1 aromatic rings. The summed E-state index contributed by atoms with van der Waals surface area (Å²) in [4.78, 5) is 24.2. The van der Waals surface area contributed by atoms with E-state index < -0.39 is 11.8 Å². The van der Waals surface area contributed by atoms with Gasteiger partial charge in [-0.1, -0.05) is 0 Å². The summed E-state index contributed by atoms with van der Waals surface area (Å²) in [5, 5.41) is 0. The van der Waals surface area contributed by atoms with Crippen LogP contribution < -0.4 is 4.90 Å². The highest BCUT2D eigenvalue weighted by Gasteiger charge is 2.15. The molecule has 15 heavy (non-hydrogen) atoms. The summed E-state index contributed by atoms with van der Waals surface area (Å²) < 4.78 is 4.35. The Morgan fingerprint density at radius 1 is 1.13 bits per heavy atom. The second kappa shape index (κ2) is 4.59. The molecular formula is C11H13NO3. The van der Waals surface area contributed by atoms with Gasteiger partial charge in [0.05, 0.1) is 7.11 Å². The normalized spacial score (nSPS) is 9.53. The lowest BCUT2D eigenvalue weighted by Gasteiger charge is -2.11. The van der Waals surface area contributed by atoms with Gasteiger partial charge in [-0.15, -0.1) is 0 Å². The van der Waals surface area contributed by atoms with Crippen LogP contribution in [-0.2, 0) is 9.53 Å². The highest BCUT2D eigenvalue weighted by molar-refractivity contribution is 6.40. The van der Waals surface area contributed by atoms with Gasteiger partial charge < -0.3 is 9.64 Å². The number of rotatable bonds is 3. The Bertz CT molecular complexity index is 368. The lowest BCUT2D eigenvalue weighted by molar-refractivity contribution is -0.135. The Kier molecular flexibility index (Phi) is 3.44. The molecule has 0 heterocycles. The van der Waals surface area contributed by atoms with Crippen molar-refractivity contribution in [1.29, 1.82) is 0 Å². The van der Waals surface area contributed by atoms with Crippen LogP contribution in [0.25, 0.3) is 0 Å². The minimum atomic E-state index is -0.840. The maximum Gasteiger partial charge on any atom is 0.379 e. The third kappa shape index (κ3) is 2.56. The fourth-order valence-corrected chi connectivity index (χ4v) is 1.12. The molecule has 4 nitrogen and oxygen atoms in total. The van der Waals surface area contributed by atoms with Crippen LogP contribution >= 0.6 is 0 Å². The Balaban J connectivity index is 2.89. The van der Waals surface area contributed by atoms with Gasteiger partial charge in [0, 0.05) is 25.3 Å². The first-order valence-corrected chi connectivity index (χ1v) is 4.46. The fraction of sp³-hybridized carbons (Fsp3) is 0.273. The number of nitrogens with zero attached hydrogens (tertiary/aromatic N) is 1. The van der Waals surface area contributed by atoms with Crippen molar-refractivity contribution in [3.63, 3.8) is 0 Å². The molecule has 0 aliphatic rings. The lowest BCUT2D eigenvalue weighted by atomic mass is 10.1. The summed E-state index contributed by atoms with van der Waals surface area (Å²) in [6.45, 7) is 0. The Morgan fingerprint density at radius 3 is 2.07 bits per heavy atom. The molecule has 0 unspecified atom stereocenters. The largest absolute Gasteiger partial charge is 0.463 e. The van der Waals surface area contributed by atoms with Crippen LogP contribution in [0, 0.1) is 0 Å². The number of ether oxygens (including phenoxy) is 1. The fourth-order valence-electron chi connectivity index (χ4n) is 1.12. The van der Waals surface area contributed by atoms with E-state index in [2.05, 4.69) is 4.74 Å². The minimum Gasteiger partial charge on any atom is -0.463 e. The van der Waals surface area contributed by atoms with Crippen molar-refractivity contribution < 1.29 is 14.3 Å². The Morgan fingerprint density at radius 2 is 1.67 bits per heavy atom. The zero-order valence-corrected chi connectivity index (χ0v) is 8.98. The average molecular weight is 207 g/mol. The summed E-state index contributed by atoms with van der Waals surface area (Å²) >= 11 is 0. The summed E-state index contributed by atoms with van der Waals surface area (Å²) in [5.74, 6) is -1.46. The van der Waals surface area contributed by atoms with E-state index in [-0.39, 0.29) is 0 Å². The monoisotopic (exact) mass is 207 g/mol. The van der Waals surface area contributed by atoms with Crippen molar-refractivity contribution in [3.8, 4) is 0 Å².